The number of nitrogens with two attached hydrogens (primary N) is 1. The van der Waals surface area contributed by atoms with Crippen LogP contribution in [0.25, 0.3) is 22.1 Å². The average molecular weight is 979 g/mol. The molecule has 18 heteroatoms. The average Bonchev–Trinajstić information content (AvgIpc) is 4.13. The number of hydrogen-bond donors (Lipinski definition) is 2. The summed E-state index contributed by atoms with van der Waals surface area (Å²) >= 11 is 0. The summed E-state index contributed by atoms with van der Waals surface area (Å²) in [5, 5.41) is 23.4. The summed E-state index contributed by atoms with van der Waals surface area (Å²) < 4.78 is 14.9. The lowest BCUT2D eigenvalue weighted by Crippen LogP contribution is -2.48. The van der Waals surface area contributed by atoms with Gasteiger partial charge in [0.2, 0.25) is 11.1 Å². The number of pyridine rings is 2. The van der Waals surface area contributed by atoms with Gasteiger partial charge in [-0.15, -0.1) is 0 Å². The van der Waals surface area contributed by atoms with E-state index in [-0.39, 0.29) is 39.5 Å². The second-order valence-corrected chi connectivity index (χ2v) is 20.7. The summed E-state index contributed by atoms with van der Waals surface area (Å²) in [6.07, 6.45) is 12.7. The number of benzene rings is 2. The molecule has 1 atom stereocenters. The zero-order chi connectivity index (χ0) is 50.2. The van der Waals surface area contributed by atoms with Gasteiger partial charge in [-0.05, 0) is 114 Å². The lowest BCUT2D eigenvalue weighted by molar-refractivity contribution is 0.209. The topological polar surface area (TPSA) is 211 Å². The van der Waals surface area contributed by atoms with E-state index in [2.05, 4.69) is 91.8 Å². The molecule has 372 valence electrons. The number of nitrogens with one attached hydrogen (secondary N) is 1. The van der Waals surface area contributed by atoms with Crippen LogP contribution in [0.2, 0.25) is 0 Å². The second-order valence-electron chi connectivity index (χ2n) is 19.4. The van der Waals surface area contributed by atoms with Crippen molar-refractivity contribution in [1.29, 1.82) is 10.5 Å². The van der Waals surface area contributed by atoms with Crippen LogP contribution in [0, 0.1) is 22.7 Å². The van der Waals surface area contributed by atoms with Gasteiger partial charge in [-0.3, -0.25) is 32.7 Å². The summed E-state index contributed by atoms with van der Waals surface area (Å²) in [6.45, 7) is 17.8. The van der Waals surface area contributed by atoms with Crippen LogP contribution in [-0.4, -0.2) is 114 Å². The van der Waals surface area contributed by atoms with Crippen molar-refractivity contribution in [2.24, 2.45) is 0 Å². The minimum absolute atomic E-state index is 0.0568. The van der Waals surface area contributed by atoms with E-state index in [1.54, 1.807) is 21.4 Å². The molecule has 2 aliphatic carbocycles. The predicted molar refractivity (Wildman–Crippen MR) is 283 cm³/mol. The molecule has 2 aromatic carbocycles. The third-order valence-corrected chi connectivity index (χ3v) is 14.9. The first kappa shape index (κ1) is 50.7. The largest absolute Gasteiger partial charge is 0.399 e. The molecule has 2 saturated heterocycles. The van der Waals surface area contributed by atoms with Gasteiger partial charge in [0, 0.05) is 129 Å². The molecule has 6 aromatic rings. The van der Waals surface area contributed by atoms with Crippen LogP contribution in [0.3, 0.4) is 0 Å². The molecule has 6 heterocycles. The van der Waals surface area contributed by atoms with Crippen LogP contribution in [0.15, 0.2) is 87.8 Å². The molecule has 2 saturated carbocycles. The summed E-state index contributed by atoms with van der Waals surface area (Å²) in [7, 11) is -1.31. The number of piperazine rings is 2. The number of rotatable bonds is 9. The Morgan fingerprint density at radius 2 is 1.06 bits per heavy atom. The molecule has 0 bridgehead atoms. The summed E-state index contributed by atoms with van der Waals surface area (Å²) in [4.78, 5) is 52.8. The van der Waals surface area contributed by atoms with Gasteiger partial charge in [-0.25, -0.2) is 15.0 Å². The molecule has 0 radical (unpaired) electrons. The lowest BCUT2D eigenvalue weighted by atomic mass is 10.2. The number of fused-ring (bicyclic) bond motifs is 2. The highest BCUT2D eigenvalue weighted by Crippen LogP contribution is 2.32. The molecule has 4 fully saturated rings. The molecular weight excluding hydrogens is 913 g/mol. The van der Waals surface area contributed by atoms with Crippen molar-refractivity contribution in [3.63, 3.8) is 0 Å². The van der Waals surface area contributed by atoms with E-state index in [4.69, 9.17) is 16.0 Å². The third kappa shape index (κ3) is 11.9. The van der Waals surface area contributed by atoms with Gasteiger partial charge in [0.25, 0.3) is 11.1 Å². The zero-order valence-corrected chi connectivity index (χ0v) is 42.4. The van der Waals surface area contributed by atoms with Gasteiger partial charge < -0.3 is 20.9 Å². The maximum atomic E-state index is 13.0. The Bertz CT molecular complexity index is 3020. The third-order valence-electron chi connectivity index (χ3n) is 14.2. The Labute approximate surface area is 418 Å². The van der Waals surface area contributed by atoms with Gasteiger partial charge >= 0.3 is 0 Å². The van der Waals surface area contributed by atoms with Crippen molar-refractivity contribution in [2.45, 2.75) is 108 Å². The van der Waals surface area contributed by atoms with Crippen molar-refractivity contribution in [3.05, 3.63) is 105 Å². The Morgan fingerprint density at radius 3 is 1.48 bits per heavy atom. The van der Waals surface area contributed by atoms with Gasteiger partial charge in [-0.2, -0.15) is 15.5 Å². The van der Waals surface area contributed by atoms with Gasteiger partial charge in [0.15, 0.2) is 0 Å². The van der Waals surface area contributed by atoms with Crippen LogP contribution in [0.4, 0.5) is 28.7 Å². The number of nitrogen functional groups attached to an aromatic ring is 1. The highest BCUT2D eigenvalue weighted by Gasteiger charge is 2.25. The fourth-order valence-corrected chi connectivity index (χ4v) is 10.6. The smallest absolute Gasteiger partial charge is 0.270 e. The normalized spacial score (nSPS) is 17.4. The number of nitrogens with zero attached hydrogens (tertiary/aromatic N) is 12. The van der Waals surface area contributed by atoms with Gasteiger partial charge in [-0.1, -0.05) is 25.7 Å². The molecule has 4 aliphatic rings. The van der Waals surface area contributed by atoms with Gasteiger partial charge in [0.05, 0.1) is 10.8 Å². The second kappa shape index (κ2) is 23.0. The molecule has 2 aliphatic heterocycles. The van der Waals surface area contributed by atoms with E-state index in [0.717, 1.165) is 115 Å². The molecule has 4 aromatic heterocycles. The summed E-state index contributed by atoms with van der Waals surface area (Å²) in [6, 6.07) is 25.0. The standard InChI is InChI=1S/C26H31N7O.C14H14N4O2S.C13H21N3/c1-18(2)31-11-13-32(14-12-31)22-9-7-21(8-10-22)29-26-28-17-20-15-19(16-27)25(34)33(24(20)30-26)23-5-3-4-6-23;1-21(20)14-16-8-10-6-9(7-15)13(19)18(12(10)17-14)11-4-2-3-5-11;1-11(2)15-7-9-16(10-8-15)13-5-3-12(14)4-6-13/h7-10,15,17-18,23H,3-6,11-14H2,1-2H3,(H,28,29,30);6,8,11H,2-5H2,1H3;3-6,11H,7-10,14H2,1-2H3. The summed E-state index contributed by atoms with van der Waals surface area (Å²) in [5.74, 6) is 0.446. The van der Waals surface area contributed by atoms with E-state index in [1.807, 2.05) is 36.4 Å². The Morgan fingerprint density at radius 1 is 0.634 bits per heavy atom. The van der Waals surface area contributed by atoms with Crippen molar-refractivity contribution in [1.82, 2.24) is 38.9 Å². The summed E-state index contributed by atoms with van der Waals surface area (Å²) in [5.41, 5.74) is 10.7. The van der Waals surface area contributed by atoms with E-state index in [9.17, 15) is 19.1 Å². The highest BCUT2D eigenvalue weighted by atomic mass is 32.2. The molecule has 0 amide bonds. The predicted octanol–water partition coefficient (Wildman–Crippen LogP) is 7.37. The number of hydrogen-bond acceptors (Lipinski definition) is 15. The van der Waals surface area contributed by atoms with Crippen molar-refractivity contribution >= 4 is 61.6 Å². The quantitative estimate of drug-likeness (QED) is 0.107. The van der Waals surface area contributed by atoms with Gasteiger partial charge in [0.1, 0.15) is 34.6 Å². The Hall–Kier alpha value is -6.73. The number of nitriles is 2. The number of anilines is 5. The van der Waals surface area contributed by atoms with Crippen LogP contribution in [0.5, 0.6) is 0 Å². The van der Waals surface area contributed by atoms with Crippen molar-refractivity contribution in [3.8, 4) is 12.1 Å². The SMILES string of the molecule is CC(C)N1CCN(c2ccc(N)cc2)CC1.CC(C)N1CCN(c2ccc(Nc3ncc4cc(C#N)c(=O)n(C5CCCC5)c4n3)cc2)CC1.CS(=O)c1ncc2cc(C#N)c(=O)n(C3CCCC3)c2n1. The van der Waals surface area contributed by atoms with Crippen molar-refractivity contribution in [2.75, 3.05) is 79.5 Å². The first-order chi connectivity index (χ1) is 34.3. The maximum Gasteiger partial charge on any atom is 0.270 e. The number of aromatic nitrogens is 6. The van der Waals surface area contributed by atoms with E-state index in [0.29, 0.717) is 40.1 Å². The first-order valence-electron chi connectivity index (χ1n) is 25.0. The van der Waals surface area contributed by atoms with E-state index in [1.165, 1.54) is 29.9 Å². The van der Waals surface area contributed by atoms with Crippen LogP contribution < -0.4 is 32.0 Å². The zero-order valence-electron chi connectivity index (χ0n) is 41.6. The van der Waals surface area contributed by atoms with Crippen LogP contribution in [-0.2, 0) is 10.8 Å². The minimum atomic E-state index is -1.31. The maximum absolute atomic E-state index is 13.0. The fourth-order valence-electron chi connectivity index (χ4n) is 10.1. The highest BCUT2D eigenvalue weighted by molar-refractivity contribution is 7.84. The van der Waals surface area contributed by atoms with Crippen LogP contribution in [0.1, 0.15) is 102 Å². The molecule has 3 N–H and O–H groups in total. The van der Waals surface area contributed by atoms with E-state index < -0.39 is 10.8 Å². The molecule has 17 nitrogen and oxygen atoms in total. The molecule has 10 rings (SSSR count). The Kier molecular flexibility index (Phi) is 16.4. The minimum Gasteiger partial charge on any atom is -0.399 e. The monoisotopic (exact) mass is 979 g/mol. The molecular formula is C53H66N14O3S. The molecule has 0 spiro atoms. The van der Waals surface area contributed by atoms with Crippen molar-refractivity contribution < 1.29 is 4.21 Å². The lowest BCUT2D eigenvalue weighted by Gasteiger charge is -2.38. The molecule has 1 unspecified atom stereocenters. The Balaban J connectivity index is 0.000000156. The fraction of sp³-hybridized carbons (Fsp3) is 0.472. The van der Waals surface area contributed by atoms with E-state index >= 15 is 0 Å². The molecule has 71 heavy (non-hydrogen) atoms. The van der Waals surface area contributed by atoms with Crippen LogP contribution >= 0.6 is 0 Å². The first-order valence-corrected chi connectivity index (χ1v) is 26.6.